The topological polar surface area (TPSA) is 0 Å². The average Bonchev–Trinajstić information content (AvgIpc) is 2.52. The smallest absolute Gasteiger partial charge is 0.0249 e. The highest BCUT2D eigenvalue weighted by atomic mass is 14.3. The summed E-state index contributed by atoms with van der Waals surface area (Å²) >= 11 is 0. The molecule has 1 unspecified atom stereocenters. The van der Waals surface area contributed by atoms with Crippen molar-refractivity contribution < 1.29 is 0 Å². The van der Waals surface area contributed by atoms with Gasteiger partial charge < -0.3 is 0 Å². The van der Waals surface area contributed by atoms with Gasteiger partial charge in [0, 0.05) is 11.1 Å². The lowest BCUT2D eigenvalue weighted by Crippen LogP contribution is -2.14. The van der Waals surface area contributed by atoms with E-state index in [1.807, 2.05) is 18.2 Å². The van der Waals surface area contributed by atoms with E-state index in [2.05, 4.69) is 56.0 Å². The number of rotatable bonds is 5. The third-order valence-corrected chi connectivity index (χ3v) is 4.18. The summed E-state index contributed by atoms with van der Waals surface area (Å²) in [5.74, 6) is 6.51. The first-order valence-electron chi connectivity index (χ1n) is 8.18. The molecule has 0 aromatic heterocycles. The molecule has 0 amide bonds. The van der Waals surface area contributed by atoms with E-state index in [0.717, 1.165) is 17.6 Å². The van der Waals surface area contributed by atoms with Gasteiger partial charge in [0.15, 0.2) is 0 Å². The minimum absolute atomic E-state index is 0.339. The van der Waals surface area contributed by atoms with E-state index in [9.17, 15) is 0 Å². The molecule has 0 aliphatic heterocycles. The Bertz CT molecular complexity index is 551. The first kappa shape index (κ1) is 15.6. The highest BCUT2D eigenvalue weighted by molar-refractivity contribution is 5.46. The zero-order chi connectivity index (χ0) is 15.0. The monoisotopic (exact) mass is 278 g/mol. The van der Waals surface area contributed by atoms with Crippen molar-refractivity contribution in [3.05, 3.63) is 59.7 Å². The maximum atomic E-state index is 3.28. The molecule has 0 spiro atoms. The molecule has 0 nitrogen and oxygen atoms in total. The Labute approximate surface area is 130 Å². The van der Waals surface area contributed by atoms with Crippen molar-refractivity contribution in [2.75, 3.05) is 0 Å². The number of hydrogen-bond donors (Lipinski definition) is 0. The molecular weight excluding hydrogens is 252 g/mol. The van der Waals surface area contributed by atoms with Gasteiger partial charge in [-0.3, -0.25) is 0 Å². The van der Waals surface area contributed by atoms with Gasteiger partial charge in [-0.2, -0.15) is 0 Å². The van der Waals surface area contributed by atoms with E-state index in [1.54, 1.807) is 0 Å². The predicted octanol–water partition coefficient (Wildman–Crippen LogP) is 5.90. The van der Waals surface area contributed by atoms with Gasteiger partial charge in [0.2, 0.25) is 0 Å². The summed E-state index contributed by atoms with van der Waals surface area (Å²) in [7, 11) is 0. The molecule has 1 aromatic rings. The van der Waals surface area contributed by atoms with Crippen molar-refractivity contribution in [2.24, 2.45) is 5.41 Å². The lowest BCUT2D eigenvalue weighted by molar-refractivity contribution is 0.371. The van der Waals surface area contributed by atoms with Crippen LogP contribution in [0, 0.1) is 17.3 Å². The minimum atomic E-state index is 0.339. The molecule has 1 aromatic carbocycles. The van der Waals surface area contributed by atoms with Gasteiger partial charge in [-0.15, -0.1) is 0 Å². The van der Waals surface area contributed by atoms with E-state index >= 15 is 0 Å². The molecule has 0 saturated carbocycles. The minimum Gasteiger partial charge on any atom is -0.0770 e. The van der Waals surface area contributed by atoms with Crippen LogP contribution in [0.25, 0.3) is 0 Å². The highest BCUT2D eigenvalue weighted by Crippen LogP contribution is 2.34. The number of benzene rings is 1. The van der Waals surface area contributed by atoms with Gasteiger partial charge in [0.05, 0.1) is 0 Å². The van der Waals surface area contributed by atoms with Crippen molar-refractivity contribution in [3.63, 3.8) is 0 Å². The molecule has 1 aliphatic carbocycles. The van der Waals surface area contributed by atoms with Gasteiger partial charge in [-0.1, -0.05) is 87.8 Å². The summed E-state index contributed by atoms with van der Waals surface area (Å²) in [5.41, 5.74) is 2.58. The second kappa shape index (κ2) is 7.89. The molecule has 0 N–H and O–H groups in total. The van der Waals surface area contributed by atoms with Crippen molar-refractivity contribution in [3.8, 4) is 11.8 Å². The van der Waals surface area contributed by atoms with Gasteiger partial charge in [-0.25, -0.2) is 0 Å². The van der Waals surface area contributed by atoms with Crippen LogP contribution in [0.15, 0.2) is 54.1 Å². The first-order chi connectivity index (χ1) is 10.2. The summed E-state index contributed by atoms with van der Waals surface area (Å²) in [5, 5.41) is 0. The second-order valence-electron chi connectivity index (χ2n) is 6.28. The Hall–Kier alpha value is -1.74. The Morgan fingerprint density at radius 2 is 1.86 bits per heavy atom. The van der Waals surface area contributed by atoms with E-state index in [0.29, 0.717) is 5.41 Å². The lowest BCUT2D eigenvalue weighted by Gasteiger charge is -2.27. The van der Waals surface area contributed by atoms with Crippen molar-refractivity contribution in [2.45, 2.75) is 52.4 Å². The summed E-state index contributed by atoms with van der Waals surface area (Å²) in [6, 6.07) is 10.2. The van der Waals surface area contributed by atoms with Crippen LogP contribution in [-0.2, 0) is 0 Å². The van der Waals surface area contributed by atoms with Gasteiger partial charge in [0.25, 0.3) is 0 Å². The quantitative estimate of drug-likeness (QED) is 0.464. The maximum absolute atomic E-state index is 3.28. The molecule has 0 radical (unpaired) electrons. The summed E-state index contributed by atoms with van der Waals surface area (Å²) in [6.07, 6.45) is 14.7. The Morgan fingerprint density at radius 3 is 2.52 bits per heavy atom. The zero-order valence-corrected chi connectivity index (χ0v) is 13.4. The van der Waals surface area contributed by atoms with Crippen molar-refractivity contribution in [1.82, 2.24) is 0 Å². The first-order valence-corrected chi connectivity index (χ1v) is 8.18. The van der Waals surface area contributed by atoms with Crippen LogP contribution >= 0.6 is 0 Å². The lowest BCUT2D eigenvalue weighted by atomic mass is 9.78. The SMILES string of the molecule is CCCCCCC1(C)C=CC(C#Cc2ccccc2)=CC1. The van der Waals surface area contributed by atoms with E-state index in [-0.39, 0.29) is 0 Å². The normalized spacial score (nSPS) is 20.6. The fourth-order valence-electron chi connectivity index (χ4n) is 2.67. The molecule has 1 aliphatic rings. The van der Waals surface area contributed by atoms with Crippen molar-refractivity contribution >= 4 is 0 Å². The van der Waals surface area contributed by atoms with Gasteiger partial charge in [0.1, 0.15) is 0 Å². The summed E-state index contributed by atoms with van der Waals surface area (Å²) in [6.45, 7) is 4.63. The fraction of sp³-hybridized carbons (Fsp3) is 0.429. The highest BCUT2D eigenvalue weighted by Gasteiger charge is 2.21. The van der Waals surface area contributed by atoms with E-state index in [4.69, 9.17) is 0 Å². The predicted molar refractivity (Wildman–Crippen MR) is 92.0 cm³/mol. The zero-order valence-electron chi connectivity index (χ0n) is 13.4. The molecule has 0 saturated heterocycles. The van der Waals surface area contributed by atoms with Gasteiger partial charge >= 0.3 is 0 Å². The van der Waals surface area contributed by atoms with Gasteiger partial charge in [-0.05, 0) is 30.4 Å². The standard InChI is InChI=1S/C21H26/c1-3-4-5-9-16-21(2)17-14-20(15-18-21)13-12-19-10-7-6-8-11-19/h6-8,10-11,14-15,17H,3-5,9,16,18H2,1-2H3. The molecule has 0 bridgehead atoms. The summed E-state index contributed by atoms with van der Waals surface area (Å²) < 4.78 is 0. The number of hydrogen-bond acceptors (Lipinski definition) is 0. The van der Waals surface area contributed by atoms with Crippen LogP contribution in [0.2, 0.25) is 0 Å². The molecule has 0 heterocycles. The molecular formula is C21H26. The molecule has 0 heteroatoms. The van der Waals surface area contributed by atoms with Crippen molar-refractivity contribution in [1.29, 1.82) is 0 Å². The average molecular weight is 278 g/mol. The van der Waals surface area contributed by atoms with Crippen LogP contribution < -0.4 is 0 Å². The second-order valence-corrected chi connectivity index (χ2v) is 6.28. The molecule has 110 valence electrons. The third kappa shape index (κ3) is 5.27. The van der Waals surface area contributed by atoms with Crippen LogP contribution in [0.1, 0.15) is 57.9 Å². The molecule has 2 rings (SSSR count). The van der Waals surface area contributed by atoms with Crippen LogP contribution in [0.4, 0.5) is 0 Å². The third-order valence-electron chi connectivity index (χ3n) is 4.18. The Balaban J connectivity index is 1.88. The Kier molecular flexibility index (Phi) is 5.88. The number of unbranched alkanes of at least 4 members (excludes halogenated alkanes) is 3. The molecule has 21 heavy (non-hydrogen) atoms. The summed E-state index contributed by atoms with van der Waals surface area (Å²) in [4.78, 5) is 0. The number of allylic oxidation sites excluding steroid dienone is 4. The van der Waals surface area contributed by atoms with Crippen LogP contribution in [-0.4, -0.2) is 0 Å². The van der Waals surface area contributed by atoms with E-state index < -0.39 is 0 Å². The van der Waals surface area contributed by atoms with Crippen LogP contribution in [0.5, 0.6) is 0 Å². The maximum Gasteiger partial charge on any atom is 0.0249 e. The largest absolute Gasteiger partial charge is 0.0770 e. The molecule has 0 fully saturated rings. The Morgan fingerprint density at radius 1 is 1.05 bits per heavy atom. The fourth-order valence-corrected chi connectivity index (χ4v) is 2.67. The van der Waals surface area contributed by atoms with Crippen LogP contribution in [0.3, 0.4) is 0 Å². The molecule has 1 atom stereocenters. The van der Waals surface area contributed by atoms with E-state index in [1.165, 1.54) is 32.1 Å².